The number of hydrogen-bond acceptors (Lipinski definition) is 4. The van der Waals surface area contributed by atoms with Crippen molar-refractivity contribution in [3.63, 3.8) is 0 Å². The summed E-state index contributed by atoms with van der Waals surface area (Å²) in [7, 11) is 1.49. The molecule has 0 saturated heterocycles. The second-order valence-electron chi connectivity index (χ2n) is 4.41. The molecule has 0 saturated carbocycles. The highest BCUT2D eigenvalue weighted by atomic mass is 16.5. The second-order valence-corrected chi connectivity index (χ2v) is 4.41. The maximum Gasteiger partial charge on any atom is 0.257 e. The van der Waals surface area contributed by atoms with Crippen LogP contribution in [-0.2, 0) is 4.79 Å². The highest BCUT2D eigenvalue weighted by Crippen LogP contribution is 2.28. The van der Waals surface area contributed by atoms with Gasteiger partial charge in [0.25, 0.3) is 5.91 Å². The summed E-state index contributed by atoms with van der Waals surface area (Å²) in [6.07, 6.45) is 1.98. The number of methoxy groups -OCH3 is 1. The smallest absolute Gasteiger partial charge is 0.257 e. The fourth-order valence-corrected chi connectivity index (χ4v) is 1.60. The van der Waals surface area contributed by atoms with Crippen LogP contribution in [-0.4, -0.2) is 32.0 Å². The molecule has 0 aromatic heterocycles. The third-order valence-corrected chi connectivity index (χ3v) is 2.78. The summed E-state index contributed by atoms with van der Waals surface area (Å²) >= 11 is 0. The van der Waals surface area contributed by atoms with Gasteiger partial charge in [0.05, 0.1) is 7.11 Å². The number of rotatable bonds is 8. The molecule has 0 spiro atoms. The van der Waals surface area contributed by atoms with Crippen molar-refractivity contribution in [2.45, 2.75) is 26.7 Å². The van der Waals surface area contributed by atoms with Crippen molar-refractivity contribution in [3.8, 4) is 11.5 Å². The first-order valence-electron chi connectivity index (χ1n) is 6.67. The van der Waals surface area contributed by atoms with E-state index in [1.54, 1.807) is 18.2 Å². The minimum Gasteiger partial charge on any atom is -0.493 e. The highest BCUT2D eigenvalue weighted by Gasteiger charge is 2.10. The van der Waals surface area contributed by atoms with Crippen LogP contribution >= 0.6 is 0 Å². The van der Waals surface area contributed by atoms with Crippen molar-refractivity contribution >= 4 is 11.7 Å². The lowest BCUT2D eigenvalue weighted by molar-refractivity contribution is -0.123. The van der Waals surface area contributed by atoms with Gasteiger partial charge in [0.15, 0.2) is 23.9 Å². The third kappa shape index (κ3) is 4.91. The van der Waals surface area contributed by atoms with Gasteiger partial charge in [0.2, 0.25) is 0 Å². The summed E-state index contributed by atoms with van der Waals surface area (Å²) in [6.45, 7) is 4.12. The molecule has 1 rings (SSSR count). The molecule has 0 heterocycles. The zero-order chi connectivity index (χ0) is 15.0. The molecule has 110 valence electrons. The van der Waals surface area contributed by atoms with E-state index in [0.29, 0.717) is 23.6 Å². The second kappa shape index (κ2) is 8.19. The lowest BCUT2D eigenvalue weighted by Crippen LogP contribution is -2.29. The topological polar surface area (TPSA) is 64.6 Å². The van der Waals surface area contributed by atoms with Gasteiger partial charge in [-0.15, -0.1) is 0 Å². The van der Waals surface area contributed by atoms with E-state index in [0.717, 1.165) is 12.8 Å². The Labute approximate surface area is 119 Å². The predicted octanol–water partition coefficient (Wildman–Crippen LogP) is 2.19. The van der Waals surface area contributed by atoms with Crippen LogP contribution in [0.4, 0.5) is 0 Å². The number of carbonyl (C=O) groups is 2. The zero-order valence-electron chi connectivity index (χ0n) is 12.2. The number of ketones is 1. The Kier molecular flexibility index (Phi) is 6.56. The Morgan fingerprint density at radius 1 is 1.25 bits per heavy atom. The minimum atomic E-state index is -0.170. The van der Waals surface area contributed by atoms with Gasteiger partial charge in [-0.3, -0.25) is 9.59 Å². The monoisotopic (exact) mass is 279 g/mol. The molecule has 0 aliphatic heterocycles. The zero-order valence-corrected chi connectivity index (χ0v) is 12.2. The van der Waals surface area contributed by atoms with Crippen LogP contribution < -0.4 is 14.8 Å². The highest BCUT2D eigenvalue weighted by molar-refractivity contribution is 5.94. The molecule has 5 heteroatoms. The van der Waals surface area contributed by atoms with E-state index in [9.17, 15) is 9.59 Å². The molecule has 1 amide bonds. The Morgan fingerprint density at radius 2 is 2.00 bits per heavy atom. The van der Waals surface area contributed by atoms with Gasteiger partial charge in [-0.05, 0) is 31.5 Å². The first-order valence-corrected chi connectivity index (χ1v) is 6.67. The summed E-state index contributed by atoms with van der Waals surface area (Å²) in [6, 6.07) is 4.89. The SMILES string of the molecule is CCCCNC(=O)COc1ccc(C(C)=O)cc1OC. The molecular formula is C15H21NO4. The van der Waals surface area contributed by atoms with Crippen molar-refractivity contribution in [3.05, 3.63) is 23.8 Å². The van der Waals surface area contributed by atoms with Crippen molar-refractivity contribution < 1.29 is 19.1 Å². The Balaban J connectivity index is 2.59. The minimum absolute atomic E-state index is 0.0489. The number of unbranched alkanes of at least 4 members (excludes halogenated alkanes) is 1. The van der Waals surface area contributed by atoms with Gasteiger partial charge >= 0.3 is 0 Å². The quantitative estimate of drug-likeness (QED) is 0.585. The molecule has 0 unspecified atom stereocenters. The van der Waals surface area contributed by atoms with Crippen molar-refractivity contribution in [2.24, 2.45) is 0 Å². The van der Waals surface area contributed by atoms with Gasteiger partial charge < -0.3 is 14.8 Å². The standard InChI is InChI=1S/C15H21NO4/c1-4-5-8-16-15(18)10-20-13-7-6-12(11(2)17)9-14(13)19-3/h6-7,9H,4-5,8,10H2,1-3H3,(H,16,18). The summed E-state index contributed by atoms with van der Waals surface area (Å²) in [5, 5.41) is 2.76. The lowest BCUT2D eigenvalue weighted by atomic mass is 10.1. The average Bonchev–Trinajstić information content (AvgIpc) is 2.45. The van der Waals surface area contributed by atoms with Gasteiger partial charge in [-0.25, -0.2) is 0 Å². The van der Waals surface area contributed by atoms with Crippen LogP contribution in [0.3, 0.4) is 0 Å². The van der Waals surface area contributed by atoms with Crippen LogP contribution in [0, 0.1) is 0 Å². The molecule has 0 fully saturated rings. The van der Waals surface area contributed by atoms with E-state index in [2.05, 4.69) is 12.2 Å². The molecule has 0 bridgehead atoms. The maximum absolute atomic E-state index is 11.5. The molecule has 20 heavy (non-hydrogen) atoms. The van der Waals surface area contributed by atoms with Crippen LogP contribution in [0.1, 0.15) is 37.0 Å². The molecule has 0 aliphatic rings. The van der Waals surface area contributed by atoms with E-state index >= 15 is 0 Å². The average molecular weight is 279 g/mol. The molecule has 1 N–H and O–H groups in total. The van der Waals surface area contributed by atoms with Gasteiger partial charge in [-0.2, -0.15) is 0 Å². The van der Waals surface area contributed by atoms with Crippen LogP contribution in [0.25, 0.3) is 0 Å². The van der Waals surface area contributed by atoms with Crippen LogP contribution in [0.15, 0.2) is 18.2 Å². The molecule has 5 nitrogen and oxygen atoms in total. The number of amides is 1. The Bertz CT molecular complexity index is 471. The summed E-state index contributed by atoms with van der Waals surface area (Å²) in [5.74, 6) is 0.672. The number of ether oxygens (including phenoxy) is 2. The lowest BCUT2D eigenvalue weighted by Gasteiger charge is -2.11. The van der Waals surface area contributed by atoms with Gasteiger partial charge in [0, 0.05) is 12.1 Å². The predicted molar refractivity (Wildman–Crippen MR) is 76.4 cm³/mol. The molecule has 0 atom stereocenters. The number of carbonyl (C=O) groups excluding carboxylic acids is 2. The van der Waals surface area contributed by atoms with Gasteiger partial charge in [-0.1, -0.05) is 13.3 Å². The van der Waals surface area contributed by atoms with E-state index in [4.69, 9.17) is 9.47 Å². The molecule has 0 aliphatic carbocycles. The van der Waals surface area contributed by atoms with E-state index in [1.807, 2.05) is 0 Å². The molecular weight excluding hydrogens is 258 g/mol. The summed E-state index contributed by atoms with van der Waals surface area (Å²) < 4.78 is 10.6. The largest absolute Gasteiger partial charge is 0.493 e. The van der Waals surface area contributed by atoms with Crippen molar-refractivity contribution in [1.82, 2.24) is 5.32 Å². The number of benzene rings is 1. The van der Waals surface area contributed by atoms with Crippen LogP contribution in [0.5, 0.6) is 11.5 Å². The van der Waals surface area contributed by atoms with E-state index in [-0.39, 0.29) is 18.3 Å². The number of Topliss-reactive ketones (excluding diaryl/α,β-unsaturated/α-hetero) is 1. The van der Waals surface area contributed by atoms with Gasteiger partial charge in [0.1, 0.15) is 0 Å². The van der Waals surface area contributed by atoms with Crippen molar-refractivity contribution in [1.29, 1.82) is 0 Å². The van der Waals surface area contributed by atoms with Crippen molar-refractivity contribution in [2.75, 3.05) is 20.3 Å². The summed E-state index contributed by atoms with van der Waals surface area (Å²) in [5.41, 5.74) is 0.543. The maximum atomic E-state index is 11.5. The third-order valence-electron chi connectivity index (χ3n) is 2.78. The van der Waals surface area contributed by atoms with Crippen LogP contribution in [0.2, 0.25) is 0 Å². The fraction of sp³-hybridized carbons (Fsp3) is 0.467. The first kappa shape index (κ1) is 16.0. The van der Waals surface area contributed by atoms with E-state index in [1.165, 1.54) is 14.0 Å². The van der Waals surface area contributed by atoms with E-state index < -0.39 is 0 Å². The summed E-state index contributed by atoms with van der Waals surface area (Å²) in [4.78, 5) is 22.8. The fourth-order valence-electron chi connectivity index (χ4n) is 1.60. The Hall–Kier alpha value is -2.04. The number of hydrogen-bond donors (Lipinski definition) is 1. The molecule has 1 aromatic rings. The molecule has 1 aromatic carbocycles. The number of nitrogens with one attached hydrogen (secondary N) is 1. The Morgan fingerprint density at radius 3 is 2.60 bits per heavy atom. The molecule has 0 radical (unpaired) electrons. The first-order chi connectivity index (χ1) is 9.58. The normalized spacial score (nSPS) is 9.95.